The van der Waals surface area contributed by atoms with E-state index in [1.165, 1.54) is 4.31 Å². The van der Waals surface area contributed by atoms with Crippen LogP contribution in [-0.4, -0.2) is 49.7 Å². The second kappa shape index (κ2) is 7.60. The molecule has 138 valence electrons. The standard InChI is InChI=1S/C20H24N2O3S/c1-16-12-17(2)14-19(13-16)20(23)21-8-10-22(11-9-21)26(24,25)15-18-6-4-3-5-7-18/h3-7,12-14H,8-11,15H2,1-2H3. The van der Waals surface area contributed by atoms with Gasteiger partial charge in [0, 0.05) is 31.7 Å². The lowest BCUT2D eigenvalue weighted by Crippen LogP contribution is -2.50. The smallest absolute Gasteiger partial charge is 0.253 e. The molecule has 1 aliphatic heterocycles. The summed E-state index contributed by atoms with van der Waals surface area (Å²) in [4.78, 5) is 14.4. The fraction of sp³-hybridized carbons (Fsp3) is 0.350. The minimum atomic E-state index is -3.37. The molecular formula is C20H24N2O3S. The van der Waals surface area contributed by atoms with E-state index in [0.29, 0.717) is 31.7 Å². The summed E-state index contributed by atoms with van der Waals surface area (Å²) in [6, 6.07) is 15.0. The Hall–Kier alpha value is -2.18. The summed E-state index contributed by atoms with van der Waals surface area (Å²) >= 11 is 0. The maximum atomic E-state index is 12.7. The Balaban J connectivity index is 1.64. The zero-order valence-electron chi connectivity index (χ0n) is 15.2. The third kappa shape index (κ3) is 4.31. The second-order valence-electron chi connectivity index (χ2n) is 6.81. The van der Waals surface area contributed by atoms with Crippen LogP contribution in [0.2, 0.25) is 0 Å². The van der Waals surface area contributed by atoms with E-state index < -0.39 is 10.0 Å². The molecule has 6 heteroatoms. The Morgan fingerprint density at radius 2 is 1.50 bits per heavy atom. The lowest BCUT2D eigenvalue weighted by molar-refractivity contribution is 0.0697. The third-order valence-electron chi connectivity index (χ3n) is 4.58. The van der Waals surface area contributed by atoms with Crippen molar-refractivity contribution in [1.82, 2.24) is 9.21 Å². The number of aryl methyl sites for hydroxylation is 2. The van der Waals surface area contributed by atoms with Crippen molar-refractivity contribution >= 4 is 15.9 Å². The molecule has 1 amide bonds. The van der Waals surface area contributed by atoms with Crippen LogP contribution in [0.25, 0.3) is 0 Å². The van der Waals surface area contributed by atoms with Crippen molar-refractivity contribution in [3.8, 4) is 0 Å². The first-order valence-corrected chi connectivity index (χ1v) is 10.4. The summed E-state index contributed by atoms with van der Waals surface area (Å²) in [5, 5.41) is 0. The highest BCUT2D eigenvalue weighted by atomic mass is 32.2. The summed E-state index contributed by atoms with van der Waals surface area (Å²) < 4.78 is 26.7. The lowest BCUT2D eigenvalue weighted by atomic mass is 10.1. The Bertz CT molecular complexity index is 866. The van der Waals surface area contributed by atoms with Gasteiger partial charge in [0.2, 0.25) is 10.0 Å². The van der Waals surface area contributed by atoms with E-state index in [4.69, 9.17) is 0 Å². The van der Waals surface area contributed by atoms with Gasteiger partial charge in [0.05, 0.1) is 5.75 Å². The average molecular weight is 372 g/mol. The van der Waals surface area contributed by atoms with Crippen LogP contribution in [-0.2, 0) is 15.8 Å². The van der Waals surface area contributed by atoms with Gasteiger partial charge in [-0.3, -0.25) is 4.79 Å². The maximum Gasteiger partial charge on any atom is 0.253 e. The molecule has 1 saturated heterocycles. The number of amides is 1. The number of nitrogens with zero attached hydrogens (tertiary/aromatic N) is 2. The van der Waals surface area contributed by atoms with Crippen molar-refractivity contribution in [3.63, 3.8) is 0 Å². The highest BCUT2D eigenvalue weighted by Crippen LogP contribution is 2.16. The Morgan fingerprint density at radius 1 is 0.923 bits per heavy atom. The van der Waals surface area contributed by atoms with Gasteiger partial charge in [0.25, 0.3) is 5.91 Å². The molecule has 26 heavy (non-hydrogen) atoms. The largest absolute Gasteiger partial charge is 0.336 e. The zero-order chi connectivity index (χ0) is 18.7. The molecule has 0 spiro atoms. The Morgan fingerprint density at radius 3 is 2.08 bits per heavy atom. The van der Waals surface area contributed by atoms with E-state index in [1.807, 2.05) is 62.4 Å². The first kappa shape index (κ1) is 18.6. The molecule has 0 aromatic heterocycles. The average Bonchev–Trinajstić information content (AvgIpc) is 2.61. The van der Waals surface area contributed by atoms with Gasteiger partial charge in [-0.15, -0.1) is 0 Å². The summed E-state index contributed by atoms with van der Waals surface area (Å²) in [7, 11) is -3.37. The predicted molar refractivity (Wildman–Crippen MR) is 102 cm³/mol. The molecule has 0 bridgehead atoms. The fourth-order valence-corrected chi connectivity index (χ4v) is 4.84. The number of hydrogen-bond acceptors (Lipinski definition) is 3. The van der Waals surface area contributed by atoms with Crippen molar-refractivity contribution < 1.29 is 13.2 Å². The van der Waals surface area contributed by atoms with E-state index in [9.17, 15) is 13.2 Å². The summed E-state index contributed by atoms with van der Waals surface area (Å²) in [6.45, 7) is 5.45. The number of benzene rings is 2. The SMILES string of the molecule is Cc1cc(C)cc(C(=O)N2CCN(S(=O)(=O)Cc3ccccc3)CC2)c1. The van der Waals surface area contributed by atoms with Crippen LogP contribution in [0.1, 0.15) is 27.0 Å². The van der Waals surface area contributed by atoms with E-state index in [2.05, 4.69) is 0 Å². The number of sulfonamides is 1. The van der Waals surface area contributed by atoms with Crippen molar-refractivity contribution in [2.45, 2.75) is 19.6 Å². The van der Waals surface area contributed by atoms with Crippen LogP contribution < -0.4 is 0 Å². The van der Waals surface area contributed by atoms with E-state index in [0.717, 1.165) is 16.7 Å². The monoisotopic (exact) mass is 372 g/mol. The molecule has 2 aromatic rings. The molecule has 0 radical (unpaired) electrons. The van der Waals surface area contributed by atoms with Crippen LogP contribution in [0.4, 0.5) is 0 Å². The van der Waals surface area contributed by atoms with Gasteiger partial charge >= 0.3 is 0 Å². The normalized spacial score (nSPS) is 15.8. The molecule has 1 aliphatic rings. The minimum absolute atomic E-state index is 0.00113. The zero-order valence-corrected chi connectivity index (χ0v) is 16.0. The van der Waals surface area contributed by atoms with Crippen molar-refractivity contribution in [2.75, 3.05) is 26.2 Å². The summed E-state index contributed by atoms with van der Waals surface area (Å²) in [5.74, 6) is -0.0318. The highest BCUT2D eigenvalue weighted by Gasteiger charge is 2.29. The summed E-state index contributed by atoms with van der Waals surface area (Å²) in [5.41, 5.74) is 3.55. The molecule has 5 nitrogen and oxygen atoms in total. The molecule has 1 fully saturated rings. The maximum absolute atomic E-state index is 12.7. The molecule has 0 saturated carbocycles. The van der Waals surface area contributed by atoms with Crippen molar-refractivity contribution in [3.05, 3.63) is 70.8 Å². The quantitative estimate of drug-likeness (QED) is 0.829. The number of hydrogen-bond donors (Lipinski definition) is 0. The van der Waals surface area contributed by atoms with Gasteiger partial charge in [0.15, 0.2) is 0 Å². The lowest BCUT2D eigenvalue weighted by Gasteiger charge is -2.34. The van der Waals surface area contributed by atoms with Crippen LogP contribution in [0.3, 0.4) is 0 Å². The predicted octanol–water partition coefficient (Wildman–Crippen LogP) is 2.59. The van der Waals surface area contributed by atoms with Gasteiger partial charge in [-0.2, -0.15) is 4.31 Å². The molecule has 0 N–H and O–H groups in total. The van der Waals surface area contributed by atoms with Crippen molar-refractivity contribution in [2.24, 2.45) is 0 Å². The third-order valence-corrected chi connectivity index (χ3v) is 6.43. The number of carbonyl (C=O) groups excluding carboxylic acids is 1. The number of rotatable bonds is 4. The fourth-order valence-electron chi connectivity index (χ4n) is 3.33. The second-order valence-corrected chi connectivity index (χ2v) is 8.78. The Kier molecular flexibility index (Phi) is 5.44. The number of carbonyl (C=O) groups is 1. The topological polar surface area (TPSA) is 57.7 Å². The van der Waals surface area contributed by atoms with Crippen molar-refractivity contribution in [1.29, 1.82) is 0 Å². The van der Waals surface area contributed by atoms with Gasteiger partial charge in [-0.05, 0) is 31.5 Å². The molecular weight excluding hydrogens is 348 g/mol. The molecule has 2 aromatic carbocycles. The summed E-state index contributed by atoms with van der Waals surface area (Å²) in [6.07, 6.45) is 0. The highest BCUT2D eigenvalue weighted by molar-refractivity contribution is 7.88. The van der Waals surface area contributed by atoms with Gasteiger partial charge in [-0.1, -0.05) is 47.5 Å². The van der Waals surface area contributed by atoms with Crippen LogP contribution >= 0.6 is 0 Å². The Labute approximate surface area is 155 Å². The number of piperazine rings is 1. The first-order chi connectivity index (χ1) is 12.3. The van der Waals surface area contributed by atoms with Gasteiger partial charge < -0.3 is 4.90 Å². The molecule has 0 aliphatic carbocycles. The van der Waals surface area contributed by atoms with E-state index in [-0.39, 0.29) is 11.7 Å². The van der Waals surface area contributed by atoms with Gasteiger partial charge in [-0.25, -0.2) is 8.42 Å². The van der Waals surface area contributed by atoms with Crippen LogP contribution in [0.5, 0.6) is 0 Å². The molecule has 1 heterocycles. The molecule has 0 atom stereocenters. The van der Waals surface area contributed by atoms with Crippen LogP contribution in [0.15, 0.2) is 48.5 Å². The molecule has 0 unspecified atom stereocenters. The van der Waals surface area contributed by atoms with E-state index >= 15 is 0 Å². The van der Waals surface area contributed by atoms with E-state index in [1.54, 1.807) is 4.90 Å². The molecule has 3 rings (SSSR count). The minimum Gasteiger partial charge on any atom is -0.336 e. The van der Waals surface area contributed by atoms with Gasteiger partial charge in [0.1, 0.15) is 0 Å². The first-order valence-electron chi connectivity index (χ1n) is 8.74. The van der Waals surface area contributed by atoms with Crippen LogP contribution in [0, 0.1) is 13.8 Å².